The predicted molar refractivity (Wildman–Crippen MR) is 208 cm³/mol. The van der Waals surface area contributed by atoms with Crippen molar-refractivity contribution in [2.45, 2.75) is 12.8 Å². The molecule has 0 unspecified atom stereocenters. The van der Waals surface area contributed by atoms with Crippen molar-refractivity contribution in [3.8, 4) is 5.75 Å². The lowest BCUT2D eigenvalue weighted by molar-refractivity contribution is -0.559. The Bertz CT molecular complexity index is 2370. The van der Waals surface area contributed by atoms with Crippen LogP contribution < -0.4 is 31.9 Å². The molecule has 0 spiro atoms. The maximum absolute atomic E-state index is 14.1. The number of nitrogens with two attached hydrogens (primary N) is 1. The van der Waals surface area contributed by atoms with Crippen LogP contribution in [0.3, 0.4) is 0 Å². The number of carbonyl (C=O) groups is 3. The highest BCUT2D eigenvalue weighted by Crippen LogP contribution is 2.24. The highest BCUT2D eigenvalue weighted by atomic mass is 19.1. The second-order valence-corrected chi connectivity index (χ2v) is 12.1. The summed E-state index contributed by atoms with van der Waals surface area (Å²) in [6.07, 6.45) is 1.78. The summed E-state index contributed by atoms with van der Waals surface area (Å²) in [7, 11) is 1.59. The van der Waals surface area contributed by atoms with E-state index in [9.17, 15) is 28.3 Å². The molecule has 0 bridgehead atoms. The number of phenols is 1. The summed E-state index contributed by atoms with van der Waals surface area (Å²) < 4.78 is 28.2. The summed E-state index contributed by atoms with van der Waals surface area (Å²) in [4.78, 5) is 49.2. The van der Waals surface area contributed by atoms with Crippen molar-refractivity contribution < 1.29 is 43.8 Å². The number of carboxylic acids is 2. The number of phenolic OH excluding ortho intramolecular Hbond substituents is 1. The molecule has 16 nitrogen and oxygen atoms in total. The molecule has 0 saturated carbocycles. The number of benzene rings is 4. The van der Waals surface area contributed by atoms with E-state index in [1.165, 1.54) is 12.1 Å². The van der Waals surface area contributed by atoms with Gasteiger partial charge in [0.05, 0.1) is 25.2 Å². The molecule has 6 rings (SSSR count). The number of nitrogens with zero attached hydrogens (tertiary/aromatic N) is 4. The quantitative estimate of drug-likeness (QED) is 0.0616. The smallest absolute Gasteiger partial charge is 0.307 e. The minimum Gasteiger partial charge on any atom is -0.508 e. The Balaban J connectivity index is 0.000000218. The summed E-state index contributed by atoms with van der Waals surface area (Å²) in [6, 6.07) is 26.9. The third-order valence-corrected chi connectivity index (χ3v) is 7.63. The summed E-state index contributed by atoms with van der Waals surface area (Å²) in [5.74, 6) is -3.03. The molecule has 0 atom stereocenters. The number of rotatable bonds is 15. The van der Waals surface area contributed by atoms with Crippen molar-refractivity contribution in [3.05, 3.63) is 132 Å². The number of carbonyl (C=O) groups excluding carboxylic acids is 1. The number of anilines is 8. The van der Waals surface area contributed by atoms with Gasteiger partial charge in [-0.2, -0.15) is 9.97 Å². The van der Waals surface area contributed by atoms with Gasteiger partial charge in [0.1, 0.15) is 11.4 Å². The van der Waals surface area contributed by atoms with Gasteiger partial charge < -0.3 is 47.2 Å². The van der Waals surface area contributed by atoms with Gasteiger partial charge >= 0.3 is 11.9 Å². The summed E-state index contributed by atoms with van der Waals surface area (Å²) >= 11 is 0. The van der Waals surface area contributed by atoms with E-state index in [0.29, 0.717) is 33.9 Å². The second-order valence-electron chi connectivity index (χ2n) is 12.1. The lowest BCUT2D eigenvalue weighted by Crippen LogP contribution is -2.80. The third-order valence-electron chi connectivity index (χ3n) is 7.63. The first-order valence-electron chi connectivity index (χ1n) is 17.1. The first-order chi connectivity index (χ1) is 27.4. The molecular formula is C39H37F2N10O6+. The first kappa shape index (κ1) is 40.5. The highest BCUT2D eigenvalue weighted by Gasteiger charge is 2.12. The van der Waals surface area contributed by atoms with Crippen LogP contribution in [0.1, 0.15) is 11.1 Å². The van der Waals surface area contributed by atoms with E-state index >= 15 is 0 Å². The van der Waals surface area contributed by atoms with Crippen LogP contribution in [-0.2, 0) is 27.2 Å². The predicted octanol–water partition coefficient (Wildman–Crippen LogP) is 5.11. The van der Waals surface area contributed by atoms with Gasteiger partial charge in [0, 0.05) is 41.9 Å². The van der Waals surface area contributed by atoms with Crippen molar-refractivity contribution in [1.29, 1.82) is 0 Å². The minimum atomic E-state index is -0.966. The van der Waals surface area contributed by atoms with E-state index < -0.39 is 23.6 Å². The maximum Gasteiger partial charge on any atom is 0.307 e. The molecule has 18 heteroatoms. The SMILES string of the molecule is CNC(=O)C[NH2+]c1cccc(Nc2ncc(F)c(Nc3cccc(O)c3)n2)c1.O=C(O)Cc1cccc(Nc2ncc(F)c(Nc3cccc(CC(=O)O)c3)n2)c1. The number of carboxylic acid groups (broad SMARTS) is 2. The van der Waals surface area contributed by atoms with Crippen LogP contribution in [-0.4, -0.2) is 66.7 Å². The molecule has 10 N–H and O–H groups in total. The van der Waals surface area contributed by atoms with Gasteiger partial charge in [-0.05, 0) is 59.7 Å². The largest absolute Gasteiger partial charge is 0.508 e. The number of hydrogen-bond acceptors (Lipinski definition) is 12. The standard InChI is InChI=1S/C20H17FN4O4.C19H19FN6O2/c21-16-11-22-20(24-15-6-2-4-13(8-15)10-18(28)29)25-19(16)23-14-5-1-3-12(7-14)9-17(26)27;1-21-17(28)11-22-12-4-2-5-13(8-12)25-19-23-10-16(20)18(26-19)24-14-6-3-7-15(27)9-14/h1-8,11H,9-10H2,(H,26,27)(H,28,29)(H2,22,23,24,25);2-10,22,27H,11H2,1H3,(H,21,28)(H2,23,24,25,26)/p+1. The molecule has 4 aromatic carbocycles. The first-order valence-corrected chi connectivity index (χ1v) is 17.1. The number of amides is 1. The molecule has 6 aromatic rings. The fourth-order valence-corrected chi connectivity index (χ4v) is 5.07. The number of halogens is 2. The molecule has 1 amide bonds. The number of quaternary nitrogens is 1. The van der Waals surface area contributed by atoms with Crippen molar-refractivity contribution in [3.63, 3.8) is 0 Å². The van der Waals surface area contributed by atoms with Crippen LogP contribution in [0.25, 0.3) is 0 Å². The molecule has 0 radical (unpaired) electrons. The van der Waals surface area contributed by atoms with E-state index in [-0.39, 0.29) is 54.6 Å². The monoisotopic (exact) mass is 779 g/mol. The van der Waals surface area contributed by atoms with E-state index in [1.54, 1.807) is 73.0 Å². The number of aliphatic carboxylic acids is 2. The van der Waals surface area contributed by atoms with Crippen molar-refractivity contribution in [2.75, 3.05) is 34.9 Å². The average molecular weight is 780 g/mol. The number of likely N-dealkylation sites (N-methyl/N-ethyl adjacent to an activating group) is 1. The minimum absolute atomic E-state index is 0.0227. The van der Waals surface area contributed by atoms with Crippen LogP contribution in [0.15, 0.2) is 109 Å². The zero-order chi connectivity index (χ0) is 40.7. The van der Waals surface area contributed by atoms with Crippen molar-refractivity contribution in [1.82, 2.24) is 25.3 Å². The molecular weight excluding hydrogens is 742 g/mol. The Morgan fingerprint density at radius 1 is 0.632 bits per heavy atom. The zero-order valence-corrected chi connectivity index (χ0v) is 30.2. The normalized spacial score (nSPS) is 10.4. The number of nitrogens with one attached hydrogen (secondary N) is 5. The zero-order valence-electron chi connectivity index (χ0n) is 30.2. The summed E-state index contributed by atoms with van der Waals surface area (Å²) in [5.41, 5.74) is 4.24. The molecule has 2 aromatic heterocycles. The van der Waals surface area contributed by atoms with Gasteiger partial charge in [0.2, 0.25) is 11.9 Å². The fraction of sp³-hybridized carbons (Fsp3) is 0.103. The van der Waals surface area contributed by atoms with Crippen LogP contribution in [0.4, 0.5) is 60.8 Å². The van der Waals surface area contributed by atoms with Crippen molar-refractivity contribution >= 4 is 69.8 Å². The lowest BCUT2D eigenvalue weighted by Gasteiger charge is -2.11. The average Bonchev–Trinajstić information content (AvgIpc) is 3.17. The fourth-order valence-electron chi connectivity index (χ4n) is 5.07. The summed E-state index contributed by atoms with van der Waals surface area (Å²) in [5, 5.41) is 43.2. The Kier molecular flexibility index (Phi) is 13.9. The van der Waals surface area contributed by atoms with E-state index in [1.807, 2.05) is 24.3 Å². The molecule has 292 valence electrons. The van der Waals surface area contributed by atoms with E-state index in [0.717, 1.165) is 18.1 Å². The Labute approximate surface area is 324 Å². The van der Waals surface area contributed by atoms with Gasteiger partial charge in [-0.3, -0.25) is 14.4 Å². The number of hydrogen-bond donors (Lipinski definition) is 9. The second kappa shape index (κ2) is 19.6. The molecule has 57 heavy (non-hydrogen) atoms. The van der Waals surface area contributed by atoms with Gasteiger partial charge in [0.25, 0.3) is 5.91 Å². The van der Waals surface area contributed by atoms with Crippen LogP contribution in [0.5, 0.6) is 5.75 Å². The Morgan fingerprint density at radius 3 is 1.58 bits per heavy atom. The topological polar surface area (TPSA) is 240 Å². The molecule has 0 fully saturated rings. The Hall–Kier alpha value is -7.73. The van der Waals surface area contributed by atoms with E-state index in [4.69, 9.17) is 10.2 Å². The van der Waals surface area contributed by atoms with Crippen LogP contribution in [0.2, 0.25) is 0 Å². The van der Waals surface area contributed by atoms with Gasteiger partial charge in [0.15, 0.2) is 29.8 Å². The lowest BCUT2D eigenvalue weighted by atomic mass is 10.1. The number of aromatic nitrogens is 4. The maximum atomic E-state index is 14.1. The van der Waals surface area contributed by atoms with Gasteiger partial charge in [-0.15, -0.1) is 0 Å². The molecule has 0 aliphatic rings. The van der Waals surface area contributed by atoms with Gasteiger partial charge in [-0.1, -0.05) is 36.4 Å². The van der Waals surface area contributed by atoms with Crippen molar-refractivity contribution in [2.24, 2.45) is 0 Å². The third kappa shape index (κ3) is 13.0. The Morgan fingerprint density at radius 2 is 1.09 bits per heavy atom. The van der Waals surface area contributed by atoms with Crippen LogP contribution >= 0.6 is 0 Å². The molecule has 0 aliphatic carbocycles. The molecule has 2 heterocycles. The molecule has 0 aliphatic heterocycles. The molecule has 0 saturated heterocycles. The van der Waals surface area contributed by atoms with Crippen LogP contribution in [0, 0.1) is 11.6 Å². The highest BCUT2D eigenvalue weighted by molar-refractivity contribution is 5.76. The van der Waals surface area contributed by atoms with E-state index in [2.05, 4.69) is 46.5 Å². The van der Waals surface area contributed by atoms with Gasteiger partial charge in [-0.25, -0.2) is 18.7 Å². The number of aromatic hydroxyl groups is 1. The summed E-state index contributed by atoms with van der Waals surface area (Å²) in [6.45, 7) is 0.269.